The van der Waals surface area contributed by atoms with E-state index in [4.69, 9.17) is 0 Å². The van der Waals surface area contributed by atoms with Crippen molar-refractivity contribution in [3.8, 4) is 0 Å². The van der Waals surface area contributed by atoms with Crippen LogP contribution in [0.5, 0.6) is 0 Å². The Morgan fingerprint density at radius 1 is 1.70 bits per heavy atom. The third-order valence-corrected chi connectivity index (χ3v) is 1.12. The second-order valence-electron chi connectivity index (χ2n) is 1.81. The van der Waals surface area contributed by atoms with Gasteiger partial charge in [-0.3, -0.25) is 4.79 Å². The summed E-state index contributed by atoms with van der Waals surface area (Å²) in [6, 6.07) is 1.13. The molecule has 1 rings (SSSR count). The molecule has 1 N–H and O–H groups in total. The fraction of sp³-hybridized carbons (Fsp3) is 0. The number of hydrogen-bond acceptors (Lipinski definition) is 1. The standard InChI is InChI=1S/C7H6FNO/c1-2-5-3-6(8)4-9-7(5)10/h2-4H,1H2,(H,9,10). The maximum Gasteiger partial charge on any atom is 0.255 e. The fourth-order valence-corrected chi connectivity index (χ4v) is 0.625. The number of hydrogen-bond donors (Lipinski definition) is 1. The van der Waals surface area contributed by atoms with Crippen molar-refractivity contribution >= 4 is 6.08 Å². The van der Waals surface area contributed by atoms with Gasteiger partial charge in [-0.1, -0.05) is 12.7 Å². The van der Waals surface area contributed by atoms with Crippen LogP contribution in [-0.4, -0.2) is 4.98 Å². The van der Waals surface area contributed by atoms with Crippen LogP contribution >= 0.6 is 0 Å². The fourth-order valence-electron chi connectivity index (χ4n) is 0.625. The minimum absolute atomic E-state index is 0.250. The quantitative estimate of drug-likeness (QED) is 0.622. The SMILES string of the molecule is C=Cc1cc(F)c[nH]c1=O. The minimum Gasteiger partial charge on any atom is -0.326 e. The van der Waals surface area contributed by atoms with Crippen LogP contribution in [0.1, 0.15) is 5.56 Å². The molecule has 0 aliphatic rings. The molecule has 0 radical (unpaired) electrons. The van der Waals surface area contributed by atoms with Gasteiger partial charge >= 0.3 is 0 Å². The second-order valence-corrected chi connectivity index (χ2v) is 1.81. The molecule has 1 aromatic rings. The molecule has 10 heavy (non-hydrogen) atoms. The highest BCUT2D eigenvalue weighted by Crippen LogP contribution is 1.95. The van der Waals surface area contributed by atoms with Gasteiger partial charge in [-0.15, -0.1) is 0 Å². The Labute approximate surface area is 57.0 Å². The summed E-state index contributed by atoms with van der Waals surface area (Å²) in [6.07, 6.45) is 2.32. The molecule has 0 aliphatic carbocycles. The first-order valence-electron chi connectivity index (χ1n) is 2.74. The highest BCUT2D eigenvalue weighted by molar-refractivity contribution is 5.44. The molecular weight excluding hydrogens is 133 g/mol. The van der Waals surface area contributed by atoms with Crippen molar-refractivity contribution < 1.29 is 4.39 Å². The number of aromatic nitrogens is 1. The largest absolute Gasteiger partial charge is 0.326 e. The molecule has 0 aromatic carbocycles. The van der Waals surface area contributed by atoms with Crippen molar-refractivity contribution in [3.05, 3.63) is 40.6 Å². The van der Waals surface area contributed by atoms with Gasteiger partial charge in [-0.25, -0.2) is 4.39 Å². The van der Waals surface area contributed by atoms with E-state index in [9.17, 15) is 9.18 Å². The normalized spacial score (nSPS) is 9.30. The van der Waals surface area contributed by atoms with Crippen molar-refractivity contribution in [2.45, 2.75) is 0 Å². The van der Waals surface area contributed by atoms with Crippen molar-refractivity contribution in [3.63, 3.8) is 0 Å². The van der Waals surface area contributed by atoms with Gasteiger partial charge in [0.2, 0.25) is 0 Å². The monoisotopic (exact) mass is 139 g/mol. The molecule has 1 aromatic heterocycles. The van der Waals surface area contributed by atoms with E-state index in [2.05, 4.69) is 11.6 Å². The summed E-state index contributed by atoms with van der Waals surface area (Å²) in [5.41, 5.74) is -0.0728. The lowest BCUT2D eigenvalue weighted by Crippen LogP contribution is -2.08. The molecule has 3 heteroatoms. The maximum atomic E-state index is 12.3. The van der Waals surface area contributed by atoms with Gasteiger partial charge in [0.05, 0.1) is 0 Å². The summed E-state index contributed by atoms with van der Waals surface area (Å²) in [7, 11) is 0. The predicted octanol–water partition coefficient (Wildman–Crippen LogP) is 1.16. The van der Waals surface area contributed by atoms with Crippen LogP contribution in [-0.2, 0) is 0 Å². The van der Waals surface area contributed by atoms with E-state index < -0.39 is 5.82 Å². The lowest BCUT2D eigenvalue weighted by Gasteiger charge is -1.89. The van der Waals surface area contributed by atoms with E-state index in [0.717, 1.165) is 12.3 Å². The number of rotatable bonds is 1. The Kier molecular flexibility index (Phi) is 1.67. The number of halogens is 1. The lowest BCUT2D eigenvalue weighted by molar-refractivity contribution is 0.619. The summed E-state index contributed by atoms with van der Waals surface area (Å²) < 4.78 is 12.3. The average Bonchev–Trinajstić information content (AvgIpc) is 1.94. The van der Waals surface area contributed by atoms with E-state index in [-0.39, 0.29) is 11.1 Å². The van der Waals surface area contributed by atoms with Gasteiger partial charge in [0.25, 0.3) is 5.56 Å². The van der Waals surface area contributed by atoms with Crippen molar-refractivity contribution in [1.29, 1.82) is 0 Å². The van der Waals surface area contributed by atoms with E-state index in [1.165, 1.54) is 6.08 Å². The molecule has 2 nitrogen and oxygen atoms in total. The Balaban J connectivity index is 3.35. The minimum atomic E-state index is -0.463. The van der Waals surface area contributed by atoms with Gasteiger partial charge in [0, 0.05) is 11.8 Å². The Bertz CT molecular complexity index is 303. The molecule has 52 valence electrons. The highest BCUT2D eigenvalue weighted by Gasteiger charge is 1.94. The first-order valence-corrected chi connectivity index (χ1v) is 2.74. The molecule has 0 amide bonds. The smallest absolute Gasteiger partial charge is 0.255 e. The van der Waals surface area contributed by atoms with E-state index >= 15 is 0 Å². The molecule has 0 bridgehead atoms. The second kappa shape index (κ2) is 2.47. The summed E-state index contributed by atoms with van der Waals surface area (Å²) in [6.45, 7) is 3.35. The van der Waals surface area contributed by atoms with Crippen LogP contribution in [0.15, 0.2) is 23.6 Å². The molecule has 0 spiro atoms. The number of pyridine rings is 1. The molecule has 1 heterocycles. The van der Waals surface area contributed by atoms with Crippen molar-refractivity contribution in [1.82, 2.24) is 4.98 Å². The molecule has 0 saturated heterocycles. The van der Waals surface area contributed by atoms with Gasteiger partial charge in [0.1, 0.15) is 5.82 Å². The van der Waals surface area contributed by atoms with Crippen LogP contribution in [0.4, 0.5) is 4.39 Å². The third-order valence-electron chi connectivity index (χ3n) is 1.12. The van der Waals surface area contributed by atoms with Crippen LogP contribution < -0.4 is 5.56 Å². The third kappa shape index (κ3) is 1.13. The van der Waals surface area contributed by atoms with E-state index in [1.54, 1.807) is 0 Å². The van der Waals surface area contributed by atoms with Crippen LogP contribution in [0.2, 0.25) is 0 Å². The van der Waals surface area contributed by atoms with Gasteiger partial charge in [-0.05, 0) is 6.07 Å². The Morgan fingerprint density at radius 2 is 2.40 bits per heavy atom. The van der Waals surface area contributed by atoms with Crippen molar-refractivity contribution in [2.24, 2.45) is 0 Å². The van der Waals surface area contributed by atoms with Crippen LogP contribution in [0.25, 0.3) is 6.08 Å². The highest BCUT2D eigenvalue weighted by atomic mass is 19.1. The Hall–Kier alpha value is -1.38. The summed E-state index contributed by atoms with van der Waals surface area (Å²) >= 11 is 0. The maximum absolute atomic E-state index is 12.3. The molecular formula is C7H6FNO. The number of nitrogens with one attached hydrogen (secondary N) is 1. The van der Waals surface area contributed by atoms with E-state index in [1.807, 2.05) is 0 Å². The topological polar surface area (TPSA) is 32.9 Å². The molecule has 0 atom stereocenters. The van der Waals surface area contributed by atoms with Crippen molar-refractivity contribution in [2.75, 3.05) is 0 Å². The van der Waals surface area contributed by atoms with E-state index in [0.29, 0.717) is 0 Å². The zero-order valence-electron chi connectivity index (χ0n) is 5.23. The summed E-state index contributed by atoms with van der Waals surface area (Å²) in [4.78, 5) is 12.9. The molecule has 0 fully saturated rings. The van der Waals surface area contributed by atoms with Gasteiger partial charge < -0.3 is 4.98 Å². The van der Waals surface area contributed by atoms with Gasteiger partial charge in [0.15, 0.2) is 0 Å². The predicted molar refractivity (Wildman–Crippen MR) is 37.1 cm³/mol. The summed E-state index contributed by atoms with van der Waals surface area (Å²) in [5, 5.41) is 0. The Morgan fingerprint density at radius 3 is 2.90 bits per heavy atom. The lowest BCUT2D eigenvalue weighted by atomic mass is 10.3. The molecule has 0 aliphatic heterocycles. The molecule has 0 unspecified atom stereocenters. The van der Waals surface area contributed by atoms with Gasteiger partial charge in [-0.2, -0.15) is 0 Å². The number of H-pyrrole nitrogens is 1. The summed E-state index contributed by atoms with van der Waals surface area (Å²) in [5.74, 6) is -0.463. The van der Waals surface area contributed by atoms with Crippen LogP contribution in [0, 0.1) is 5.82 Å². The average molecular weight is 139 g/mol. The van der Waals surface area contributed by atoms with Crippen LogP contribution in [0.3, 0.4) is 0 Å². The zero-order valence-corrected chi connectivity index (χ0v) is 5.23. The zero-order chi connectivity index (χ0) is 7.56. The first kappa shape index (κ1) is 6.74. The molecule has 0 saturated carbocycles. The first-order chi connectivity index (χ1) is 4.74. The number of aromatic amines is 1.